The van der Waals surface area contributed by atoms with Crippen molar-refractivity contribution < 1.29 is 0 Å². The first-order valence-corrected chi connectivity index (χ1v) is 20.6. The van der Waals surface area contributed by atoms with Gasteiger partial charge in [0.05, 0.1) is 10.4 Å². The van der Waals surface area contributed by atoms with Crippen molar-refractivity contribution in [3.8, 4) is 44.5 Å². The van der Waals surface area contributed by atoms with Gasteiger partial charge in [-0.25, -0.2) is 0 Å². The molecule has 0 saturated carbocycles. The zero-order valence-electron chi connectivity index (χ0n) is 31.7. The monoisotopic (exact) mass is 755 g/mol. The van der Waals surface area contributed by atoms with Crippen LogP contribution in [0.4, 0.5) is 17.1 Å². The highest BCUT2D eigenvalue weighted by Crippen LogP contribution is 2.48. The molecule has 0 aliphatic heterocycles. The number of anilines is 3. The Labute approximate surface area is 342 Å². The summed E-state index contributed by atoms with van der Waals surface area (Å²) in [5, 5.41) is 7.62. The van der Waals surface area contributed by atoms with E-state index >= 15 is 0 Å². The van der Waals surface area contributed by atoms with Gasteiger partial charge >= 0.3 is 0 Å². The van der Waals surface area contributed by atoms with Crippen LogP contribution < -0.4 is 4.90 Å². The van der Waals surface area contributed by atoms with Gasteiger partial charge in [0.25, 0.3) is 0 Å². The molecule has 1 heterocycles. The van der Waals surface area contributed by atoms with E-state index in [1.807, 2.05) is 11.3 Å². The van der Waals surface area contributed by atoms with E-state index in [1.165, 1.54) is 86.2 Å². The van der Waals surface area contributed by atoms with Gasteiger partial charge in [0.2, 0.25) is 0 Å². The highest BCUT2D eigenvalue weighted by molar-refractivity contribution is 7.27. The summed E-state index contributed by atoms with van der Waals surface area (Å²) >= 11 is 1.89. The fourth-order valence-corrected chi connectivity index (χ4v) is 9.86. The molecular formula is C56H37NS. The fourth-order valence-electron chi connectivity index (χ4n) is 8.54. The quantitative estimate of drug-likeness (QED) is 0.146. The molecule has 0 aliphatic carbocycles. The second-order valence-corrected chi connectivity index (χ2v) is 15.9. The van der Waals surface area contributed by atoms with Crippen LogP contribution in [0.2, 0.25) is 0 Å². The predicted octanol–water partition coefficient (Wildman–Crippen LogP) is 16.5. The number of benzene rings is 10. The Bertz CT molecular complexity index is 3240. The molecule has 272 valence electrons. The van der Waals surface area contributed by atoms with E-state index in [9.17, 15) is 0 Å². The van der Waals surface area contributed by atoms with Gasteiger partial charge in [-0.1, -0.05) is 176 Å². The number of nitrogens with zero attached hydrogens (tertiary/aromatic N) is 1. The Morgan fingerprint density at radius 3 is 1.43 bits per heavy atom. The number of thiophene rings is 1. The smallest absolute Gasteiger partial charge is 0.0640 e. The molecule has 10 aromatic carbocycles. The Kier molecular flexibility index (Phi) is 8.42. The molecule has 0 saturated heterocycles. The average Bonchev–Trinajstić information content (AvgIpc) is 3.69. The normalized spacial score (nSPS) is 11.4. The molecule has 0 aliphatic rings. The van der Waals surface area contributed by atoms with Gasteiger partial charge in [-0.15, -0.1) is 11.3 Å². The lowest BCUT2D eigenvalue weighted by Gasteiger charge is -2.26. The second-order valence-electron chi connectivity index (χ2n) is 14.9. The highest BCUT2D eigenvalue weighted by Gasteiger charge is 2.21. The third-order valence-electron chi connectivity index (χ3n) is 11.4. The first kappa shape index (κ1) is 34.0. The van der Waals surface area contributed by atoms with Gasteiger partial charge in [0.15, 0.2) is 0 Å². The molecule has 0 bridgehead atoms. The van der Waals surface area contributed by atoms with Crippen molar-refractivity contribution in [2.24, 2.45) is 0 Å². The second kappa shape index (κ2) is 14.4. The van der Waals surface area contributed by atoms with E-state index in [4.69, 9.17) is 0 Å². The van der Waals surface area contributed by atoms with Crippen LogP contribution >= 0.6 is 11.3 Å². The minimum absolute atomic E-state index is 1.11. The molecule has 0 fully saturated rings. The summed E-state index contributed by atoms with van der Waals surface area (Å²) in [7, 11) is 0. The molecular weight excluding hydrogens is 719 g/mol. The standard InChI is InChI=1S/C56H37NS/c1-4-13-38(14-5-1)40-27-31-47(32-28-40)57(48-33-29-41(30-34-48)45-26-25-44-24-23-43-19-10-11-20-49(43)51(44)35-45)54-22-12-21-50-53-37-46(39-15-6-2-7-16-39)36-52(55(53)58-56(50)54)42-17-8-3-9-18-42/h1-37H. The summed E-state index contributed by atoms with van der Waals surface area (Å²) in [6.45, 7) is 0. The van der Waals surface area contributed by atoms with E-state index in [0.717, 1.165) is 17.1 Å². The lowest BCUT2D eigenvalue weighted by atomic mass is 9.96. The van der Waals surface area contributed by atoms with Crippen LogP contribution in [0.15, 0.2) is 224 Å². The largest absolute Gasteiger partial charge is 0.309 e. The molecule has 58 heavy (non-hydrogen) atoms. The number of fused-ring (bicyclic) bond motifs is 6. The molecule has 0 amide bonds. The molecule has 0 N–H and O–H groups in total. The molecule has 0 radical (unpaired) electrons. The van der Waals surface area contributed by atoms with Gasteiger partial charge in [-0.05, 0) is 109 Å². The van der Waals surface area contributed by atoms with Crippen molar-refractivity contribution in [2.75, 3.05) is 4.90 Å². The van der Waals surface area contributed by atoms with Crippen LogP contribution in [0.3, 0.4) is 0 Å². The molecule has 1 aromatic heterocycles. The van der Waals surface area contributed by atoms with Crippen molar-refractivity contribution in [1.29, 1.82) is 0 Å². The molecule has 0 atom stereocenters. The molecule has 0 spiro atoms. The van der Waals surface area contributed by atoms with Crippen LogP contribution in [-0.2, 0) is 0 Å². The predicted molar refractivity (Wildman–Crippen MR) is 251 cm³/mol. The Morgan fingerprint density at radius 1 is 0.276 bits per heavy atom. The van der Waals surface area contributed by atoms with Crippen molar-refractivity contribution in [1.82, 2.24) is 0 Å². The lowest BCUT2D eigenvalue weighted by molar-refractivity contribution is 1.30. The summed E-state index contributed by atoms with van der Waals surface area (Å²) in [6.07, 6.45) is 0. The number of hydrogen-bond acceptors (Lipinski definition) is 2. The van der Waals surface area contributed by atoms with E-state index in [-0.39, 0.29) is 0 Å². The van der Waals surface area contributed by atoms with Crippen molar-refractivity contribution >= 4 is 70.1 Å². The van der Waals surface area contributed by atoms with E-state index in [2.05, 4.69) is 229 Å². The maximum absolute atomic E-state index is 2.43. The zero-order valence-corrected chi connectivity index (χ0v) is 32.5. The fraction of sp³-hybridized carbons (Fsp3) is 0. The molecule has 11 rings (SSSR count). The van der Waals surface area contributed by atoms with Crippen LogP contribution in [0, 0.1) is 0 Å². The summed E-state index contributed by atoms with van der Waals surface area (Å²) < 4.78 is 2.56. The van der Waals surface area contributed by atoms with Crippen LogP contribution in [0.1, 0.15) is 0 Å². The number of rotatable bonds is 7. The van der Waals surface area contributed by atoms with Crippen molar-refractivity contribution in [3.63, 3.8) is 0 Å². The van der Waals surface area contributed by atoms with Crippen LogP contribution in [0.5, 0.6) is 0 Å². The Hall–Kier alpha value is -7.26. The lowest BCUT2D eigenvalue weighted by Crippen LogP contribution is -2.10. The summed E-state index contributed by atoms with van der Waals surface area (Å²) in [5.74, 6) is 0. The SMILES string of the molecule is c1ccc(-c2ccc(N(c3ccc(-c4ccc5ccc6ccccc6c5c4)cc3)c3cccc4c3sc3c(-c5ccccc5)cc(-c5ccccc5)cc34)cc2)cc1. The third-order valence-corrected chi connectivity index (χ3v) is 12.7. The van der Waals surface area contributed by atoms with Crippen LogP contribution in [-0.4, -0.2) is 0 Å². The van der Waals surface area contributed by atoms with Crippen molar-refractivity contribution in [2.45, 2.75) is 0 Å². The average molecular weight is 756 g/mol. The molecule has 2 heteroatoms. The first-order chi connectivity index (χ1) is 28.7. The van der Waals surface area contributed by atoms with Gasteiger partial charge in [0.1, 0.15) is 0 Å². The Balaban J connectivity index is 1.09. The first-order valence-electron chi connectivity index (χ1n) is 19.8. The highest BCUT2D eigenvalue weighted by atomic mass is 32.1. The topological polar surface area (TPSA) is 3.24 Å². The molecule has 0 unspecified atom stereocenters. The number of hydrogen-bond donors (Lipinski definition) is 0. The molecule has 1 nitrogen and oxygen atoms in total. The van der Waals surface area contributed by atoms with E-state index < -0.39 is 0 Å². The van der Waals surface area contributed by atoms with Gasteiger partial charge < -0.3 is 4.90 Å². The van der Waals surface area contributed by atoms with Crippen molar-refractivity contribution in [3.05, 3.63) is 224 Å². The van der Waals surface area contributed by atoms with Crippen LogP contribution in [0.25, 0.3) is 86.2 Å². The van der Waals surface area contributed by atoms with Gasteiger partial charge in [0, 0.05) is 32.4 Å². The minimum atomic E-state index is 1.11. The maximum atomic E-state index is 2.43. The zero-order chi connectivity index (χ0) is 38.4. The van der Waals surface area contributed by atoms with E-state index in [0.29, 0.717) is 0 Å². The summed E-state index contributed by atoms with van der Waals surface area (Å²) in [5.41, 5.74) is 13.1. The summed E-state index contributed by atoms with van der Waals surface area (Å²) in [6, 6.07) is 81.9. The maximum Gasteiger partial charge on any atom is 0.0640 e. The third kappa shape index (κ3) is 6.03. The van der Waals surface area contributed by atoms with Gasteiger partial charge in [-0.2, -0.15) is 0 Å². The Morgan fingerprint density at radius 2 is 0.759 bits per heavy atom. The van der Waals surface area contributed by atoms with Gasteiger partial charge in [-0.3, -0.25) is 0 Å². The minimum Gasteiger partial charge on any atom is -0.309 e. The van der Waals surface area contributed by atoms with E-state index in [1.54, 1.807) is 0 Å². The summed E-state index contributed by atoms with van der Waals surface area (Å²) in [4.78, 5) is 2.43. The molecule has 11 aromatic rings.